The monoisotopic (exact) mass is 435 g/mol. The van der Waals surface area contributed by atoms with Crippen molar-refractivity contribution in [3.63, 3.8) is 0 Å². The summed E-state index contributed by atoms with van der Waals surface area (Å²) in [6.07, 6.45) is 0. The molecule has 0 fully saturated rings. The molecule has 2 rings (SSSR count). The van der Waals surface area contributed by atoms with Crippen molar-refractivity contribution in [2.24, 2.45) is 0 Å². The van der Waals surface area contributed by atoms with Crippen LogP contribution in [-0.2, 0) is 14.8 Å². The average molecular weight is 435 g/mol. The van der Waals surface area contributed by atoms with E-state index in [0.29, 0.717) is 30.2 Å². The zero-order chi connectivity index (χ0) is 22.3. The Hall–Kier alpha value is -2.91. The highest BCUT2D eigenvalue weighted by Gasteiger charge is 2.22. The Morgan fingerprint density at radius 2 is 1.43 bits per heavy atom. The molecule has 0 N–H and O–H groups in total. The number of methoxy groups -OCH3 is 2. The Balaban J connectivity index is 2.06. The molecule has 2 aromatic rings. The predicted octanol–water partition coefficient (Wildman–Crippen LogP) is 2.77. The highest BCUT2D eigenvalue weighted by atomic mass is 32.2. The third-order valence-corrected chi connectivity index (χ3v) is 6.54. The number of Topliss-reactive ketones (excluding diaryl/α,β-unsaturated/α-hetero) is 1. The fraction of sp³-hybridized carbons (Fsp3) is 0.333. The van der Waals surface area contributed by atoms with Crippen LogP contribution in [0.5, 0.6) is 11.5 Å². The molecule has 0 aliphatic rings. The van der Waals surface area contributed by atoms with E-state index in [-0.39, 0.29) is 10.5 Å². The van der Waals surface area contributed by atoms with E-state index >= 15 is 0 Å². The molecular weight excluding hydrogens is 410 g/mol. The Kier molecular flexibility index (Phi) is 7.96. The molecule has 0 heterocycles. The van der Waals surface area contributed by atoms with Gasteiger partial charge < -0.3 is 14.2 Å². The van der Waals surface area contributed by atoms with Gasteiger partial charge in [-0.1, -0.05) is 13.8 Å². The summed E-state index contributed by atoms with van der Waals surface area (Å²) >= 11 is 0. The quantitative estimate of drug-likeness (QED) is 0.418. The van der Waals surface area contributed by atoms with Crippen molar-refractivity contribution >= 4 is 21.8 Å². The van der Waals surface area contributed by atoms with Gasteiger partial charge in [0, 0.05) is 18.7 Å². The van der Waals surface area contributed by atoms with E-state index in [0.717, 1.165) is 0 Å². The molecule has 0 unspecified atom stereocenters. The molecule has 2 aromatic carbocycles. The lowest BCUT2D eigenvalue weighted by molar-refractivity contribution is 0.0474. The van der Waals surface area contributed by atoms with Crippen molar-refractivity contribution in [1.29, 1.82) is 0 Å². The van der Waals surface area contributed by atoms with E-state index in [9.17, 15) is 18.0 Å². The molecule has 0 saturated carbocycles. The summed E-state index contributed by atoms with van der Waals surface area (Å²) in [5, 5.41) is 0. The summed E-state index contributed by atoms with van der Waals surface area (Å²) in [6.45, 7) is 3.74. The van der Waals surface area contributed by atoms with Crippen LogP contribution in [0.1, 0.15) is 34.6 Å². The number of ether oxygens (including phenoxy) is 3. The molecule has 0 aliphatic heterocycles. The molecule has 30 heavy (non-hydrogen) atoms. The molecule has 0 saturated heterocycles. The first-order valence-electron chi connectivity index (χ1n) is 9.31. The molecule has 162 valence electrons. The maximum atomic E-state index is 12.5. The van der Waals surface area contributed by atoms with Gasteiger partial charge in [-0.15, -0.1) is 0 Å². The van der Waals surface area contributed by atoms with Crippen molar-refractivity contribution in [3.05, 3.63) is 53.6 Å². The summed E-state index contributed by atoms with van der Waals surface area (Å²) in [7, 11) is -0.672. The summed E-state index contributed by atoms with van der Waals surface area (Å²) in [5.41, 5.74) is 0.453. The number of sulfonamides is 1. The van der Waals surface area contributed by atoms with Crippen molar-refractivity contribution in [2.45, 2.75) is 18.7 Å². The largest absolute Gasteiger partial charge is 0.493 e. The lowest BCUT2D eigenvalue weighted by Gasteiger charge is -2.18. The van der Waals surface area contributed by atoms with E-state index < -0.39 is 28.4 Å². The molecule has 0 bridgehead atoms. The average Bonchev–Trinajstić information content (AvgIpc) is 2.77. The fourth-order valence-corrected chi connectivity index (χ4v) is 4.24. The summed E-state index contributed by atoms with van der Waals surface area (Å²) in [5.74, 6) is -0.272. The second-order valence-electron chi connectivity index (χ2n) is 6.18. The molecule has 8 nitrogen and oxygen atoms in total. The van der Waals surface area contributed by atoms with Crippen LogP contribution >= 0.6 is 0 Å². The van der Waals surface area contributed by atoms with Gasteiger partial charge in [-0.2, -0.15) is 4.31 Å². The van der Waals surface area contributed by atoms with E-state index in [4.69, 9.17) is 14.2 Å². The number of ketones is 1. The lowest BCUT2D eigenvalue weighted by Crippen LogP contribution is -2.30. The van der Waals surface area contributed by atoms with Crippen molar-refractivity contribution in [3.8, 4) is 11.5 Å². The zero-order valence-corrected chi connectivity index (χ0v) is 18.2. The van der Waals surface area contributed by atoms with E-state index in [2.05, 4.69) is 0 Å². The number of hydrogen-bond donors (Lipinski definition) is 0. The molecule has 9 heteroatoms. The fourth-order valence-electron chi connectivity index (χ4n) is 2.78. The zero-order valence-electron chi connectivity index (χ0n) is 17.4. The smallest absolute Gasteiger partial charge is 0.338 e. The highest BCUT2D eigenvalue weighted by molar-refractivity contribution is 7.89. The molecule has 0 aromatic heterocycles. The minimum atomic E-state index is -3.61. The SMILES string of the molecule is CCN(CC)S(=O)(=O)c1ccc(C(=O)OCC(=O)c2ccc(OC)c(OC)c2)cc1. The van der Waals surface area contributed by atoms with E-state index in [1.165, 1.54) is 48.9 Å². The third kappa shape index (κ3) is 5.17. The van der Waals surface area contributed by atoms with Gasteiger partial charge >= 0.3 is 5.97 Å². The van der Waals surface area contributed by atoms with Crippen molar-refractivity contribution in [2.75, 3.05) is 33.9 Å². The van der Waals surface area contributed by atoms with Gasteiger partial charge in [-0.25, -0.2) is 13.2 Å². The van der Waals surface area contributed by atoms with Gasteiger partial charge in [0.25, 0.3) is 0 Å². The first kappa shape index (κ1) is 23.4. The minimum absolute atomic E-state index is 0.0872. The Morgan fingerprint density at radius 3 is 1.97 bits per heavy atom. The Bertz CT molecular complexity index is 997. The van der Waals surface area contributed by atoms with Crippen LogP contribution in [0.25, 0.3) is 0 Å². The second kappa shape index (κ2) is 10.2. The van der Waals surface area contributed by atoms with Gasteiger partial charge in [-0.05, 0) is 42.5 Å². The van der Waals surface area contributed by atoms with Gasteiger partial charge in [0.2, 0.25) is 10.0 Å². The van der Waals surface area contributed by atoms with Crippen LogP contribution < -0.4 is 9.47 Å². The maximum Gasteiger partial charge on any atom is 0.338 e. The number of hydrogen-bond acceptors (Lipinski definition) is 7. The van der Waals surface area contributed by atoms with Crippen LogP contribution in [0, 0.1) is 0 Å². The van der Waals surface area contributed by atoms with E-state index in [1.54, 1.807) is 26.0 Å². The highest BCUT2D eigenvalue weighted by Crippen LogP contribution is 2.27. The first-order chi connectivity index (χ1) is 14.3. The number of rotatable bonds is 10. The van der Waals surface area contributed by atoms with E-state index in [1.807, 2.05) is 0 Å². The Labute approximate surface area is 176 Å². The van der Waals surface area contributed by atoms with Crippen LogP contribution in [0.3, 0.4) is 0 Å². The molecule has 0 atom stereocenters. The second-order valence-corrected chi connectivity index (χ2v) is 8.12. The van der Waals surface area contributed by atoms with Crippen molar-refractivity contribution in [1.82, 2.24) is 4.31 Å². The summed E-state index contributed by atoms with van der Waals surface area (Å²) in [4.78, 5) is 24.6. The molecule has 0 radical (unpaired) electrons. The molecule has 0 aliphatic carbocycles. The standard InChI is InChI=1S/C21H25NO7S/c1-5-22(6-2)30(25,26)17-10-7-15(8-11-17)21(24)29-14-18(23)16-9-12-19(27-3)20(13-16)28-4/h7-13H,5-6,14H2,1-4H3. The normalized spacial score (nSPS) is 11.2. The lowest BCUT2D eigenvalue weighted by atomic mass is 10.1. The molecule has 0 spiro atoms. The Morgan fingerprint density at radius 1 is 0.867 bits per heavy atom. The van der Waals surface area contributed by atoms with Gasteiger partial charge in [0.15, 0.2) is 23.9 Å². The minimum Gasteiger partial charge on any atom is -0.493 e. The topological polar surface area (TPSA) is 99.2 Å². The number of carbonyl (C=O) groups excluding carboxylic acids is 2. The first-order valence-corrected chi connectivity index (χ1v) is 10.7. The van der Waals surface area contributed by atoms with Crippen LogP contribution in [-0.4, -0.2) is 58.4 Å². The third-order valence-electron chi connectivity index (χ3n) is 4.47. The molecule has 0 amide bonds. The molecular formula is C21H25NO7S. The summed E-state index contributed by atoms with van der Waals surface area (Å²) in [6, 6.07) is 10.1. The van der Waals surface area contributed by atoms with Crippen molar-refractivity contribution < 1.29 is 32.2 Å². The van der Waals surface area contributed by atoms with Crippen LogP contribution in [0.15, 0.2) is 47.4 Å². The number of carbonyl (C=O) groups is 2. The maximum absolute atomic E-state index is 12.5. The predicted molar refractivity (Wildman–Crippen MR) is 111 cm³/mol. The number of nitrogens with zero attached hydrogens (tertiary/aromatic N) is 1. The van der Waals surface area contributed by atoms with Gasteiger partial charge in [-0.3, -0.25) is 4.79 Å². The summed E-state index contributed by atoms with van der Waals surface area (Å²) < 4.78 is 41.7. The number of benzene rings is 2. The number of esters is 1. The van der Waals surface area contributed by atoms with Crippen LogP contribution in [0.2, 0.25) is 0 Å². The van der Waals surface area contributed by atoms with Gasteiger partial charge in [0.1, 0.15) is 0 Å². The van der Waals surface area contributed by atoms with Crippen LogP contribution in [0.4, 0.5) is 0 Å². The van der Waals surface area contributed by atoms with Gasteiger partial charge in [0.05, 0.1) is 24.7 Å².